The van der Waals surface area contributed by atoms with E-state index in [0.717, 1.165) is 27.6 Å². The van der Waals surface area contributed by atoms with Crippen LogP contribution in [0, 0.1) is 0 Å². The van der Waals surface area contributed by atoms with Gasteiger partial charge in [-0.05, 0) is 71.8 Å². The van der Waals surface area contributed by atoms with Crippen LogP contribution in [0.5, 0.6) is 0 Å². The van der Waals surface area contributed by atoms with E-state index in [9.17, 15) is 0 Å². The Morgan fingerprint density at radius 1 is 0.447 bits per heavy atom. The molecule has 3 nitrogen and oxygen atoms in total. The Labute approximate surface area is 219 Å². The van der Waals surface area contributed by atoms with Crippen LogP contribution in [-0.4, -0.2) is 14.1 Å². The third kappa shape index (κ3) is 2.99. The Morgan fingerprint density at radius 2 is 1.11 bits per heavy atom. The van der Waals surface area contributed by atoms with Gasteiger partial charge in [0, 0.05) is 33.7 Å². The molecule has 178 valence electrons. The highest BCUT2D eigenvalue weighted by Crippen LogP contribution is 2.40. The van der Waals surface area contributed by atoms with Crippen LogP contribution in [-0.2, 0) is 0 Å². The van der Waals surface area contributed by atoms with Crippen molar-refractivity contribution < 1.29 is 0 Å². The number of hydrogen-bond donors (Lipinski definition) is 0. The average Bonchev–Trinajstić information content (AvgIpc) is 3.51. The van der Waals surface area contributed by atoms with Gasteiger partial charge in [0.1, 0.15) is 0 Å². The third-order valence-electron chi connectivity index (χ3n) is 7.56. The molecule has 0 spiro atoms. The van der Waals surface area contributed by atoms with Gasteiger partial charge in [0.25, 0.3) is 0 Å². The van der Waals surface area contributed by atoms with E-state index < -0.39 is 0 Å². The molecule has 0 unspecified atom stereocenters. The van der Waals surface area contributed by atoms with E-state index in [0.29, 0.717) is 0 Å². The average molecular weight is 486 g/mol. The summed E-state index contributed by atoms with van der Waals surface area (Å²) in [7, 11) is 0. The monoisotopic (exact) mass is 485 g/mol. The van der Waals surface area contributed by atoms with Gasteiger partial charge in [-0.3, -0.25) is 4.98 Å². The third-order valence-corrected chi connectivity index (χ3v) is 7.56. The fourth-order valence-corrected chi connectivity index (χ4v) is 5.97. The highest BCUT2D eigenvalue weighted by molar-refractivity contribution is 6.16. The molecule has 0 radical (unpaired) electrons. The smallest absolute Gasteiger partial charge is 0.0963 e. The molecule has 0 amide bonds. The first-order chi connectivity index (χ1) is 18.9. The minimum Gasteiger partial charge on any atom is -0.309 e. The number of hydrogen-bond acceptors (Lipinski definition) is 1. The molecule has 8 aromatic rings. The van der Waals surface area contributed by atoms with Crippen molar-refractivity contribution in [3.8, 4) is 22.5 Å². The first-order valence-corrected chi connectivity index (χ1v) is 12.9. The van der Waals surface area contributed by atoms with Gasteiger partial charge in [0.15, 0.2) is 0 Å². The predicted octanol–water partition coefficient (Wildman–Crippen LogP) is 8.94. The van der Waals surface area contributed by atoms with Crippen LogP contribution in [0.25, 0.3) is 66.2 Å². The maximum atomic E-state index is 4.76. The van der Waals surface area contributed by atoms with E-state index in [-0.39, 0.29) is 0 Å². The number of aromatic nitrogens is 3. The van der Waals surface area contributed by atoms with Gasteiger partial charge in [-0.15, -0.1) is 0 Å². The zero-order chi connectivity index (χ0) is 25.1. The van der Waals surface area contributed by atoms with E-state index in [2.05, 4.69) is 137 Å². The molecular weight excluding hydrogens is 462 g/mol. The van der Waals surface area contributed by atoms with Crippen LogP contribution >= 0.6 is 0 Å². The second-order valence-corrected chi connectivity index (χ2v) is 9.66. The van der Waals surface area contributed by atoms with Gasteiger partial charge >= 0.3 is 0 Å². The van der Waals surface area contributed by atoms with Crippen molar-refractivity contribution in [2.24, 2.45) is 0 Å². The van der Waals surface area contributed by atoms with Crippen LogP contribution in [0.15, 0.2) is 140 Å². The molecule has 38 heavy (non-hydrogen) atoms. The van der Waals surface area contributed by atoms with Gasteiger partial charge < -0.3 is 9.13 Å². The Bertz CT molecular complexity index is 2120. The van der Waals surface area contributed by atoms with Crippen LogP contribution in [0.3, 0.4) is 0 Å². The first-order valence-electron chi connectivity index (χ1n) is 12.9. The number of pyridine rings is 1. The highest BCUT2D eigenvalue weighted by atomic mass is 15.0. The second-order valence-electron chi connectivity index (χ2n) is 9.66. The Balaban J connectivity index is 1.46. The first kappa shape index (κ1) is 21.0. The summed E-state index contributed by atoms with van der Waals surface area (Å²) in [5, 5.41) is 3.69. The summed E-state index contributed by atoms with van der Waals surface area (Å²) in [6, 6.07) is 47.5. The molecule has 0 N–H and O–H groups in total. The molecule has 8 rings (SSSR count). The molecule has 0 bridgehead atoms. The highest BCUT2D eigenvalue weighted by Gasteiger charge is 2.18. The standard InChI is InChI=1S/C35H23N3/c1-3-11-25(12-4-1)37-30-17-8-7-15-28(30)34-27(16-9-18-31(34)37)24-20-21-29-33(23-24)38(26-13-5-2-6-14-26)32-19-10-22-36-35(29)32/h1-23H. The fourth-order valence-electron chi connectivity index (χ4n) is 5.97. The summed E-state index contributed by atoms with van der Waals surface area (Å²) in [5.41, 5.74) is 10.4. The van der Waals surface area contributed by atoms with Gasteiger partial charge in [0.05, 0.1) is 27.6 Å². The maximum Gasteiger partial charge on any atom is 0.0963 e. The summed E-state index contributed by atoms with van der Waals surface area (Å²) in [4.78, 5) is 4.76. The minimum atomic E-state index is 1.02. The zero-order valence-electron chi connectivity index (χ0n) is 20.6. The lowest BCUT2D eigenvalue weighted by atomic mass is 9.98. The molecule has 0 aliphatic carbocycles. The van der Waals surface area contributed by atoms with Crippen molar-refractivity contribution in [2.75, 3.05) is 0 Å². The zero-order valence-corrected chi connectivity index (χ0v) is 20.6. The maximum absolute atomic E-state index is 4.76. The molecular formula is C35H23N3. The molecule has 3 heteroatoms. The fraction of sp³-hybridized carbons (Fsp3) is 0. The lowest BCUT2D eigenvalue weighted by Crippen LogP contribution is -1.94. The molecule has 0 atom stereocenters. The van der Waals surface area contributed by atoms with Crippen molar-refractivity contribution >= 4 is 43.7 Å². The van der Waals surface area contributed by atoms with Crippen molar-refractivity contribution in [1.29, 1.82) is 0 Å². The van der Waals surface area contributed by atoms with Crippen molar-refractivity contribution in [3.63, 3.8) is 0 Å². The second kappa shape index (κ2) is 8.19. The molecule has 3 heterocycles. The van der Waals surface area contributed by atoms with Crippen LogP contribution in [0.2, 0.25) is 0 Å². The normalized spacial score (nSPS) is 11.7. The van der Waals surface area contributed by atoms with Gasteiger partial charge in [-0.25, -0.2) is 0 Å². The van der Waals surface area contributed by atoms with Crippen LogP contribution in [0.4, 0.5) is 0 Å². The molecule has 0 aliphatic rings. The SMILES string of the molecule is c1ccc(-n2c3cc(-c4cccc5c4c4ccccc4n5-c4ccccc4)ccc3c3ncccc32)cc1. The lowest BCUT2D eigenvalue weighted by Gasteiger charge is -2.10. The number of nitrogens with zero attached hydrogens (tertiary/aromatic N) is 3. The summed E-state index contributed by atoms with van der Waals surface area (Å²) in [6.45, 7) is 0. The van der Waals surface area contributed by atoms with E-state index in [1.54, 1.807) is 0 Å². The Hall–Kier alpha value is -5.15. The topological polar surface area (TPSA) is 22.8 Å². The number of para-hydroxylation sites is 3. The number of rotatable bonds is 3. The predicted molar refractivity (Wildman–Crippen MR) is 158 cm³/mol. The number of fused-ring (bicyclic) bond motifs is 6. The lowest BCUT2D eigenvalue weighted by molar-refractivity contribution is 1.17. The minimum absolute atomic E-state index is 1.02. The molecule has 3 aromatic heterocycles. The summed E-state index contributed by atoms with van der Waals surface area (Å²) in [6.07, 6.45) is 1.88. The Kier molecular flexibility index (Phi) is 4.52. The van der Waals surface area contributed by atoms with Gasteiger partial charge in [-0.1, -0.05) is 72.8 Å². The molecule has 5 aromatic carbocycles. The van der Waals surface area contributed by atoms with Gasteiger partial charge in [-0.2, -0.15) is 0 Å². The summed E-state index contributed by atoms with van der Waals surface area (Å²) >= 11 is 0. The summed E-state index contributed by atoms with van der Waals surface area (Å²) in [5.74, 6) is 0. The quantitative estimate of drug-likeness (QED) is 0.245. The van der Waals surface area contributed by atoms with Crippen LogP contribution in [0.1, 0.15) is 0 Å². The van der Waals surface area contributed by atoms with Crippen molar-refractivity contribution in [3.05, 3.63) is 140 Å². The van der Waals surface area contributed by atoms with Gasteiger partial charge in [0.2, 0.25) is 0 Å². The van der Waals surface area contributed by atoms with E-state index in [1.807, 2.05) is 12.3 Å². The summed E-state index contributed by atoms with van der Waals surface area (Å²) < 4.78 is 4.70. The molecule has 0 aliphatic heterocycles. The Morgan fingerprint density at radius 3 is 1.89 bits per heavy atom. The molecule has 0 fully saturated rings. The van der Waals surface area contributed by atoms with Crippen molar-refractivity contribution in [2.45, 2.75) is 0 Å². The van der Waals surface area contributed by atoms with Crippen molar-refractivity contribution in [1.82, 2.24) is 14.1 Å². The molecule has 0 saturated carbocycles. The van der Waals surface area contributed by atoms with Crippen LogP contribution < -0.4 is 0 Å². The number of benzene rings is 5. The molecule has 0 saturated heterocycles. The van der Waals surface area contributed by atoms with E-state index >= 15 is 0 Å². The van der Waals surface area contributed by atoms with E-state index in [4.69, 9.17) is 4.98 Å². The largest absolute Gasteiger partial charge is 0.309 e. The van der Waals surface area contributed by atoms with E-state index in [1.165, 1.54) is 38.6 Å².